The normalized spacial score (nSPS) is 13.5. The molecule has 206 valence electrons. The number of rotatable bonds is 25. The molecule has 0 N–H and O–H groups in total. The van der Waals surface area contributed by atoms with Gasteiger partial charge in [0.05, 0.1) is 0 Å². The number of unbranched alkanes of at least 4 members (excludes halogenated alkanes) is 18. The number of hydrogen-bond acceptors (Lipinski definition) is 1. The van der Waals surface area contributed by atoms with E-state index in [9.17, 15) is 0 Å². The molecule has 0 aromatic carbocycles. The molecule has 0 rings (SSSR count). The van der Waals surface area contributed by atoms with E-state index in [0.717, 1.165) is 17.6 Å². The van der Waals surface area contributed by atoms with Gasteiger partial charge >= 0.3 is 0 Å². The van der Waals surface area contributed by atoms with Crippen LogP contribution in [0, 0.1) is 0 Å². The smallest absolute Gasteiger partial charge is 0.191 e. The fourth-order valence-corrected chi connectivity index (χ4v) is 6.91. The third-order valence-corrected chi connectivity index (χ3v) is 13.6. The predicted octanol–water partition coefficient (Wildman–Crippen LogP) is 11.8. The van der Waals surface area contributed by atoms with Crippen LogP contribution in [0.4, 0.5) is 0 Å². The van der Waals surface area contributed by atoms with Crippen LogP contribution in [0.1, 0.15) is 156 Å². The van der Waals surface area contributed by atoms with Crippen LogP contribution < -0.4 is 0 Å². The molecule has 1 nitrogen and oxygen atoms in total. The Kier molecular flexibility index (Phi) is 24.0. The monoisotopic (exact) mass is 578 g/mol. The van der Waals surface area contributed by atoms with Gasteiger partial charge in [0.25, 0.3) is 0 Å². The summed E-state index contributed by atoms with van der Waals surface area (Å²) in [5.41, 5.74) is 0.827. The van der Waals surface area contributed by atoms with Gasteiger partial charge in [-0.25, -0.2) is 0 Å². The third-order valence-electron chi connectivity index (χ3n) is 7.97. The van der Waals surface area contributed by atoms with E-state index in [0.29, 0.717) is 5.04 Å². The van der Waals surface area contributed by atoms with E-state index < -0.39 is 8.32 Å². The highest BCUT2D eigenvalue weighted by molar-refractivity contribution is 9.09. The van der Waals surface area contributed by atoms with E-state index in [1.165, 1.54) is 135 Å². The highest BCUT2D eigenvalue weighted by atomic mass is 79.9. The molecule has 0 amide bonds. The van der Waals surface area contributed by atoms with Crippen LogP contribution >= 0.6 is 25.2 Å². The summed E-state index contributed by atoms with van der Waals surface area (Å²) in [6, 6.07) is 0. The number of halogens is 1. The Labute approximate surface area is 228 Å². The summed E-state index contributed by atoms with van der Waals surface area (Å²) in [6.45, 7) is 12.7. The van der Waals surface area contributed by atoms with Gasteiger partial charge in [0, 0.05) is 11.9 Å². The first-order chi connectivity index (χ1) is 16.2. The third kappa shape index (κ3) is 22.3. The van der Waals surface area contributed by atoms with E-state index in [-0.39, 0.29) is 0 Å². The average Bonchev–Trinajstić information content (AvgIpc) is 2.76. The first-order valence-corrected chi connectivity index (χ1v) is 19.9. The molecule has 0 aromatic heterocycles. The van der Waals surface area contributed by atoms with Crippen LogP contribution in [-0.2, 0) is 4.43 Å². The van der Waals surface area contributed by atoms with E-state index >= 15 is 0 Å². The Morgan fingerprint density at radius 1 is 0.588 bits per heavy atom. The van der Waals surface area contributed by atoms with Crippen LogP contribution in [0.2, 0.25) is 18.1 Å². The lowest BCUT2D eigenvalue weighted by Gasteiger charge is -2.36. The van der Waals surface area contributed by atoms with Crippen molar-refractivity contribution in [3.8, 4) is 0 Å². The van der Waals surface area contributed by atoms with E-state index in [1.54, 1.807) is 0 Å². The van der Waals surface area contributed by atoms with Gasteiger partial charge in [-0.1, -0.05) is 152 Å². The average molecular weight is 580 g/mol. The maximum absolute atomic E-state index is 6.28. The van der Waals surface area contributed by atoms with Crippen LogP contribution in [0.3, 0.4) is 0 Å². The van der Waals surface area contributed by atoms with Crippen molar-refractivity contribution in [2.75, 3.05) is 11.9 Å². The lowest BCUT2D eigenvalue weighted by Crippen LogP contribution is -2.40. The van der Waals surface area contributed by atoms with Gasteiger partial charge in [0.1, 0.15) is 0 Å². The lowest BCUT2D eigenvalue weighted by atomic mass is 10.0. The molecule has 2 unspecified atom stereocenters. The van der Waals surface area contributed by atoms with E-state index in [4.69, 9.17) is 4.43 Å². The van der Waals surface area contributed by atoms with Crippen molar-refractivity contribution in [3.05, 3.63) is 0 Å². The molecular formula is C30H64BrOPSi. The summed E-state index contributed by atoms with van der Waals surface area (Å²) in [5, 5.41) is 1.49. The van der Waals surface area contributed by atoms with Crippen LogP contribution in [0.25, 0.3) is 0 Å². The second kappa shape index (κ2) is 23.2. The fourth-order valence-electron chi connectivity index (χ4n) is 4.34. The van der Waals surface area contributed by atoms with E-state index in [2.05, 4.69) is 59.0 Å². The minimum Gasteiger partial charge on any atom is -0.417 e. The topological polar surface area (TPSA) is 9.23 Å². The van der Waals surface area contributed by atoms with Gasteiger partial charge in [-0.15, -0.1) is 9.24 Å². The minimum absolute atomic E-state index is 0.345. The Hall–Kier alpha value is 1.09. The van der Waals surface area contributed by atoms with Crippen LogP contribution in [-0.4, -0.2) is 25.9 Å². The second-order valence-electron chi connectivity index (χ2n) is 12.4. The summed E-state index contributed by atoms with van der Waals surface area (Å²) in [4.78, 5) is 0. The Balaban J connectivity index is 3.18. The molecule has 0 saturated carbocycles. The van der Waals surface area contributed by atoms with Crippen molar-refractivity contribution < 1.29 is 4.43 Å². The number of hydrogen-bond donors (Lipinski definition) is 0. The Morgan fingerprint density at radius 3 is 1.24 bits per heavy atom. The van der Waals surface area contributed by atoms with Crippen molar-refractivity contribution >= 4 is 33.5 Å². The van der Waals surface area contributed by atoms with Crippen molar-refractivity contribution in [2.45, 2.75) is 179 Å². The lowest BCUT2D eigenvalue weighted by molar-refractivity contribution is 0.277. The summed E-state index contributed by atoms with van der Waals surface area (Å²) in [7, 11) is 1.48. The molecule has 0 heterocycles. The molecule has 4 heteroatoms. The molecule has 34 heavy (non-hydrogen) atoms. The zero-order valence-corrected chi connectivity index (χ0v) is 27.9. The molecule has 0 radical (unpaired) electrons. The zero-order valence-electron chi connectivity index (χ0n) is 24.2. The number of alkyl halides is 1. The summed E-state index contributed by atoms with van der Waals surface area (Å²) >= 11 is 3.54. The van der Waals surface area contributed by atoms with Crippen LogP contribution in [0.15, 0.2) is 0 Å². The van der Waals surface area contributed by atoms with Crippen molar-refractivity contribution in [2.24, 2.45) is 0 Å². The maximum atomic E-state index is 6.28. The van der Waals surface area contributed by atoms with Gasteiger partial charge in [-0.05, 0) is 43.1 Å². The Bertz CT molecular complexity index is 425. The maximum Gasteiger partial charge on any atom is 0.191 e. The second-order valence-corrected chi connectivity index (χ2v) is 18.9. The quantitative estimate of drug-likeness (QED) is 0.0452. The molecule has 0 aliphatic rings. The van der Waals surface area contributed by atoms with Crippen LogP contribution in [0.5, 0.6) is 0 Å². The first-order valence-electron chi connectivity index (χ1n) is 15.2. The molecule has 0 bridgehead atoms. The molecule has 0 spiro atoms. The molecule has 0 aliphatic heterocycles. The van der Waals surface area contributed by atoms with Crippen molar-refractivity contribution in [1.29, 1.82) is 0 Å². The molecule has 0 aliphatic carbocycles. The van der Waals surface area contributed by atoms with Gasteiger partial charge in [0.15, 0.2) is 8.32 Å². The highest BCUT2D eigenvalue weighted by Crippen LogP contribution is 2.36. The molecule has 0 aromatic rings. The SMILES string of the molecule is CC(C)(C)[Si](C)(C)OCCCCCCCCCCCCCCCCCCCCCC(P)CCBr. The molecular weight excluding hydrogens is 515 g/mol. The van der Waals surface area contributed by atoms with Gasteiger partial charge < -0.3 is 4.43 Å². The highest BCUT2D eigenvalue weighted by Gasteiger charge is 2.36. The summed E-state index contributed by atoms with van der Waals surface area (Å²) in [6.07, 6.45) is 30.0. The fraction of sp³-hybridized carbons (Fsp3) is 1.00. The molecule has 0 fully saturated rings. The predicted molar refractivity (Wildman–Crippen MR) is 167 cm³/mol. The van der Waals surface area contributed by atoms with Gasteiger partial charge in [-0.2, -0.15) is 0 Å². The first kappa shape index (κ1) is 35.1. The van der Waals surface area contributed by atoms with Gasteiger partial charge in [0.2, 0.25) is 0 Å². The standard InChI is InChI=1S/C30H64BrOPSi/c1-30(2,3)34(4,5)32-28-24-22-20-18-16-14-12-10-8-6-7-9-11-13-15-17-19-21-23-25-29(33)26-27-31/h29H,6-28,33H2,1-5H3. The summed E-state index contributed by atoms with van der Waals surface area (Å²) < 4.78 is 6.28. The molecule has 0 saturated heterocycles. The van der Waals surface area contributed by atoms with Crippen molar-refractivity contribution in [3.63, 3.8) is 0 Å². The van der Waals surface area contributed by atoms with Gasteiger partial charge in [-0.3, -0.25) is 0 Å². The largest absolute Gasteiger partial charge is 0.417 e. The van der Waals surface area contributed by atoms with E-state index in [1.807, 2.05) is 0 Å². The van der Waals surface area contributed by atoms with Crippen molar-refractivity contribution in [1.82, 2.24) is 0 Å². The zero-order chi connectivity index (χ0) is 25.5. The Morgan fingerprint density at radius 2 is 0.912 bits per heavy atom. The summed E-state index contributed by atoms with van der Waals surface area (Å²) in [5.74, 6) is 0. The minimum atomic E-state index is -1.53. The molecule has 2 atom stereocenters.